The average Bonchev–Trinajstić information content (AvgIpc) is 3.87. The first-order chi connectivity index (χ1) is 22.2. The van der Waals surface area contributed by atoms with Crippen LogP contribution in [0.1, 0.15) is 62.5 Å². The van der Waals surface area contributed by atoms with E-state index in [2.05, 4.69) is 16.0 Å². The van der Waals surface area contributed by atoms with Crippen LogP contribution in [0.25, 0.3) is 32.9 Å². The van der Waals surface area contributed by atoms with Crippen molar-refractivity contribution in [3.05, 3.63) is 52.9 Å². The number of amides is 1. The molecule has 2 aliphatic carbocycles. The zero-order chi connectivity index (χ0) is 33.6. The second-order valence-electron chi connectivity index (χ2n) is 13.3. The van der Waals surface area contributed by atoms with Gasteiger partial charge >= 0.3 is 12.3 Å². The van der Waals surface area contributed by atoms with E-state index in [4.69, 9.17) is 20.6 Å². The Balaban J connectivity index is 1.41. The summed E-state index contributed by atoms with van der Waals surface area (Å²) in [6.45, 7) is 5.64. The number of ether oxygens (including phenoxy) is 3. The van der Waals surface area contributed by atoms with Crippen molar-refractivity contribution in [2.75, 3.05) is 27.0 Å². The minimum Gasteiger partial charge on any atom is -0.468 e. The van der Waals surface area contributed by atoms with E-state index in [1.807, 2.05) is 0 Å². The minimum atomic E-state index is -5.00. The van der Waals surface area contributed by atoms with Crippen molar-refractivity contribution in [3.63, 3.8) is 0 Å². The van der Waals surface area contributed by atoms with E-state index < -0.39 is 52.2 Å². The first-order valence-corrected chi connectivity index (χ1v) is 15.2. The molecule has 0 radical (unpaired) electrons. The summed E-state index contributed by atoms with van der Waals surface area (Å²) < 4.78 is 94.3. The van der Waals surface area contributed by atoms with Crippen LogP contribution in [0.2, 0.25) is 0 Å². The van der Waals surface area contributed by atoms with Gasteiger partial charge in [-0.05, 0) is 69.0 Å². The standard InChI is InChI=1S/C34H31F5N4O4/c1-6-19-23(35)10-7-16-11-18(46-15-45-5)12-20(24(16)19)28-27(36)30-26(31(40-28)34(37,38)39)29(41-43(30)17-8-9-17)25-21-13-42(14-22(21)25)32(44)47-33(2,3)4/h1,7,10-12,17,21-22,25H,8-9,13-15H2,2-5H3. The number of hydrogen-bond donors (Lipinski definition) is 0. The number of pyridine rings is 1. The summed E-state index contributed by atoms with van der Waals surface area (Å²) in [6.07, 6.45) is 1.40. The van der Waals surface area contributed by atoms with E-state index in [0.717, 1.165) is 6.07 Å². The lowest BCUT2D eigenvalue weighted by molar-refractivity contribution is -0.139. The fourth-order valence-electron chi connectivity index (χ4n) is 6.78. The molecule has 2 aromatic carbocycles. The first kappa shape index (κ1) is 31.2. The fraction of sp³-hybridized carbons (Fsp3) is 0.441. The number of alkyl halides is 3. The topological polar surface area (TPSA) is 78.7 Å². The number of terminal acetylenes is 1. The number of likely N-dealkylation sites (tertiary alicyclic amines) is 1. The van der Waals surface area contributed by atoms with E-state index >= 15 is 4.39 Å². The van der Waals surface area contributed by atoms with Gasteiger partial charge in [-0.25, -0.2) is 18.6 Å². The number of piperidine rings is 1. The Bertz CT molecular complexity index is 1980. The van der Waals surface area contributed by atoms with Gasteiger partial charge in [0.15, 0.2) is 18.3 Å². The summed E-state index contributed by atoms with van der Waals surface area (Å²) >= 11 is 0. The molecule has 3 aliphatic rings. The Labute approximate surface area is 266 Å². The zero-order valence-corrected chi connectivity index (χ0v) is 26.0. The Morgan fingerprint density at radius 1 is 1.09 bits per heavy atom. The predicted octanol–water partition coefficient (Wildman–Crippen LogP) is 7.43. The molecule has 7 rings (SSSR count). The Kier molecular flexibility index (Phi) is 7.16. The number of nitrogens with zero attached hydrogens (tertiary/aromatic N) is 4. The molecule has 2 atom stereocenters. The van der Waals surface area contributed by atoms with Gasteiger partial charge in [0.2, 0.25) is 0 Å². The lowest BCUT2D eigenvalue weighted by Crippen LogP contribution is -2.36. The maximum absolute atomic E-state index is 17.0. The highest BCUT2D eigenvalue weighted by Gasteiger charge is 2.60. The number of methoxy groups -OCH3 is 1. The number of carbonyl (C=O) groups excluding carboxylic acids is 1. The number of fused-ring (bicyclic) bond motifs is 3. The summed E-state index contributed by atoms with van der Waals surface area (Å²) in [6, 6.07) is 5.02. The molecule has 4 aromatic rings. The number of hydrogen-bond acceptors (Lipinski definition) is 6. The summed E-state index contributed by atoms with van der Waals surface area (Å²) in [5, 5.41) is 4.57. The Morgan fingerprint density at radius 2 is 1.79 bits per heavy atom. The van der Waals surface area contributed by atoms with E-state index in [1.54, 1.807) is 25.7 Å². The minimum absolute atomic E-state index is 0.0211. The van der Waals surface area contributed by atoms with Gasteiger partial charge in [0.05, 0.1) is 22.7 Å². The summed E-state index contributed by atoms with van der Waals surface area (Å²) in [5.41, 5.74) is -3.25. The van der Waals surface area contributed by atoms with E-state index in [9.17, 15) is 22.4 Å². The molecule has 246 valence electrons. The van der Waals surface area contributed by atoms with Gasteiger partial charge in [-0.3, -0.25) is 4.68 Å². The molecule has 13 heteroatoms. The molecule has 2 saturated carbocycles. The molecule has 3 fully saturated rings. The third kappa shape index (κ3) is 5.32. The normalized spacial score (nSPS) is 20.9. The molecular formula is C34H31F5N4O4. The number of aromatic nitrogens is 3. The molecule has 1 amide bonds. The lowest BCUT2D eigenvalue weighted by atomic mass is 9.95. The largest absolute Gasteiger partial charge is 0.468 e. The molecule has 1 saturated heterocycles. The molecule has 0 N–H and O–H groups in total. The second kappa shape index (κ2) is 10.8. The van der Waals surface area contributed by atoms with Crippen LogP contribution in [0.3, 0.4) is 0 Å². The zero-order valence-electron chi connectivity index (χ0n) is 26.0. The van der Waals surface area contributed by atoms with Crippen molar-refractivity contribution in [2.45, 2.75) is 57.3 Å². The summed E-state index contributed by atoms with van der Waals surface area (Å²) in [7, 11) is 1.39. The van der Waals surface area contributed by atoms with Crippen LogP contribution >= 0.6 is 0 Å². The van der Waals surface area contributed by atoms with Crippen LogP contribution in [0, 0.1) is 35.8 Å². The first-order valence-electron chi connectivity index (χ1n) is 15.2. The van der Waals surface area contributed by atoms with Crippen LogP contribution in [0.15, 0.2) is 24.3 Å². The highest BCUT2D eigenvalue weighted by atomic mass is 19.4. The van der Waals surface area contributed by atoms with Crippen molar-refractivity contribution in [3.8, 4) is 29.4 Å². The van der Waals surface area contributed by atoms with Gasteiger partial charge in [0.1, 0.15) is 28.4 Å². The van der Waals surface area contributed by atoms with Gasteiger partial charge in [-0.15, -0.1) is 6.42 Å². The molecule has 47 heavy (non-hydrogen) atoms. The van der Waals surface area contributed by atoms with Crippen LogP contribution in [-0.2, 0) is 15.7 Å². The average molecular weight is 655 g/mol. The summed E-state index contributed by atoms with van der Waals surface area (Å²) in [4.78, 5) is 18.1. The van der Waals surface area contributed by atoms with Crippen LogP contribution in [-0.4, -0.2) is 58.4 Å². The van der Waals surface area contributed by atoms with E-state index in [1.165, 1.54) is 30.0 Å². The van der Waals surface area contributed by atoms with Gasteiger partial charge in [-0.2, -0.15) is 18.3 Å². The Morgan fingerprint density at radius 3 is 2.38 bits per heavy atom. The van der Waals surface area contributed by atoms with Crippen molar-refractivity contribution in [1.29, 1.82) is 0 Å². The van der Waals surface area contributed by atoms with Crippen LogP contribution in [0.5, 0.6) is 5.75 Å². The van der Waals surface area contributed by atoms with Crippen LogP contribution in [0.4, 0.5) is 26.7 Å². The molecule has 2 aromatic heterocycles. The van der Waals surface area contributed by atoms with Crippen molar-refractivity contribution >= 4 is 27.8 Å². The van der Waals surface area contributed by atoms with Crippen molar-refractivity contribution in [2.24, 2.45) is 11.8 Å². The SMILES string of the molecule is C#Cc1c(F)ccc2cc(OCOC)cc(-c3nc(C(F)(F)F)c4c(C5C6CN(C(=O)OC(C)(C)C)CC65)nn(C5CC5)c4c3F)c12. The van der Waals surface area contributed by atoms with E-state index in [-0.39, 0.29) is 71.2 Å². The van der Waals surface area contributed by atoms with E-state index in [0.29, 0.717) is 18.2 Å². The third-order valence-corrected chi connectivity index (χ3v) is 8.92. The smallest absolute Gasteiger partial charge is 0.434 e. The van der Waals surface area contributed by atoms with Crippen molar-refractivity contribution < 1.29 is 41.0 Å². The molecule has 0 spiro atoms. The van der Waals surface area contributed by atoms with Gasteiger partial charge in [0.25, 0.3) is 0 Å². The van der Waals surface area contributed by atoms with Gasteiger partial charge < -0.3 is 19.1 Å². The number of halogens is 5. The monoisotopic (exact) mass is 654 g/mol. The third-order valence-electron chi connectivity index (χ3n) is 8.92. The van der Waals surface area contributed by atoms with Crippen molar-refractivity contribution in [1.82, 2.24) is 19.7 Å². The van der Waals surface area contributed by atoms with Gasteiger partial charge in [0, 0.05) is 37.1 Å². The number of benzene rings is 2. The predicted molar refractivity (Wildman–Crippen MR) is 162 cm³/mol. The molecule has 1 aliphatic heterocycles. The number of carbonyl (C=O) groups is 1. The molecule has 2 unspecified atom stereocenters. The summed E-state index contributed by atoms with van der Waals surface area (Å²) in [5.74, 6) is -0.163. The molecule has 0 bridgehead atoms. The molecule has 8 nitrogen and oxygen atoms in total. The quantitative estimate of drug-likeness (QED) is 0.122. The van der Waals surface area contributed by atoms with Gasteiger partial charge in [-0.1, -0.05) is 12.0 Å². The maximum atomic E-state index is 17.0. The second-order valence-corrected chi connectivity index (χ2v) is 13.3. The highest BCUT2D eigenvalue weighted by Crippen LogP contribution is 2.60. The fourth-order valence-corrected chi connectivity index (χ4v) is 6.78. The maximum Gasteiger partial charge on any atom is 0.434 e. The lowest BCUT2D eigenvalue weighted by Gasteiger charge is -2.25. The Hall–Kier alpha value is -4.44. The van der Waals surface area contributed by atoms with Crippen LogP contribution < -0.4 is 4.74 Å². The molecule has 3 heterocycles. The number of rotatable bonds is 6. The molecular weight excluding hydrogens is 623 g/mol. The highest BCUT2D eigenvalue weighted by molar-refractivity contribution is 6.03.